The van der Waals surface area contributed by atoms with Crippen LogP contribution in [0.25, 0.3) is 61.2 Å². The SMILES string of the molecule is O[PH](c1ccccc1)(c1ccccc1)c1ccc(-c2ccc3c(c2)C(c2ccccc2)(c2ccccc2)c2cc(-c4nc5ccccc5c5nc6ccccc6n45)ccc2-3)cc1. The second kappa shape index (κ2) is 14.3. The summed E-state index contributed by atoms with van der Waals surface area (Å²) >= 11 is 0. The van der Waals surface area contributed by atoms with Gasteiger partial charge in [0.2, 0.25) is 0 Å². The Morgan fingerprint density at radius 3 is 1.48 bits per heavy atom. The summed E-state index contributed by atoms with van der Waals surface area (Å²) < 4.78 is 2.23. The molecular formula is C57H40N3OP. The molecule has 1 N–H and O–H groups in total. The van der Waals surface area contributed by atoms with E-state index in [0.717, 1.165) is 66.0 Å². The van der Waals surface area contributed by atoms with Crippen LogP contribution >= 0.6 is 7.49 Å². The van der Waals surface area contributed by atoms with Crippen LogP contribution in [0.15, 0.2) is 231 Å². The fraction of sp³-hybridized carbons (Fsp3) is 0.0175. The van der Waals surface area contributed by atoms with Crippen molar-refractivity contribution in [2.24, 2.45) is 0 Å². The normalized spacial score (nSPS) is 13.3. The van der Waals surface area contributed by atoms with Gasteiger partial charge < -0.3 is 0 Å². The van der Waals surface area contributed by atoms with Crippen molar-refractivity contribution in [2.75, 3.05) is 0 Å². The zero-order valence-electron chi connectivity index (χ0n) is 33.7. The van der Waals surface area contributed by atoms with Crippen molar-refractivity contribution in [3.8, 4) is 33.6 Å². The molecule has 0 radical (unpaired) electrons. The zero-order chi connectivity index (χ0) is 41.3. The first kappa shape index (κ1) is 36.4. The van der Waals surface area contributed by atoms with Crippen LogP contribution in [0, 0.1) is 0 Å². The minimum atomic E-state index is -3.26. The van der Waals surface area contributed by atoms with Crippen molar-refractivity contribution in [2.45, 2.75) is 5.41 Å². The molecule has 5 heteroatoms. The summed E-state index contributed by atoms with van der Waals surface area (Å²) in [5.41, 5.74) is 13.6. The number of aromatic nitrogens is 3. The van der Waals surface area contributed by atoms with Crippen molar-refractivity contribution in [1.82, 2.24) is 14.4 Å². The van der Waals surface area contributed by atoms with Gasteiger partial charge >= 0.3 is 272 Å². The third kappa shape index (κ3) is 5.41. The Bertz CT molecular complexity index is 3380. The molecule has 0 fully saturated rings. The van der Waals surface area contributed by atoms with E-state index < -0.39 is 12.9 Å². The van der Waals surface area contributed by atoms with Gasteiger partial charge in [0.25, 0.3) is 0 Å². The van der Waals surface area contributed by atoms with Gasteiger partial charge in [-0.15, -0.1) is 0 Å². The van der Waals surface area contributed by atoms with Gasteiger partial charge in [0.1, 0.15) is 5.65 Å². The quantitative estimate of drug-likeness (QED) is 0.163. The minimum absolute atomic E-state index is 0.639. The van der Waals surface area contributed by atoms with Gasteiger partial charge in [-0.1, -0.05) is 24.3 Å². The Hall–Kier alpha value is -7.49. The van der Waals surface area contributed by atoms with Crippen LogP contribution in [-0.4, -0.2) is 19.3 Å². The molecule has 0 aliphatic heterocycles. The fourth-order valence-corrected chi connectivity index (χ4v) is 13.1. The van der Waals surface area contributed by atoms with E-state index in [2.05, 4.69) is 186 Å². The average Bonchev–Trinajstić information content (AvgIpc) is 3.89. The summed E-state index contributed by atoms with van der Waals surface area (Å²) in [5, 5.41) is 3.90. The Labute approximate surface area is 360 Å². The molecule has 9 aromatic carbocycles. The molecule has 0 saturated heterocycles. The molecule has 2 heterocycles. The van der Waals surface area contributed by atoms with Gasteiger partial charge in [-0.25, -0.2) is 9.97 Å². The van der Waals surface area contributed by atoms with Gasteiger partial charge in [0.15, 0.2) is 0 Å². The van der Waals surface area contributed by atoms with Crippen LogP contribution in [0.1, 0.15) is 22.3 Å². The molecule has 0 atom stereocenters. The summed E-state index contributed by atoms with van der Waals surface area (Å²) in [5.74, 6) is 0.858. The monoisotopic (exact) mass is 813 g/mol. The Kier molecular flexibility index (Phi) is 8.40. The predicted octanol–water partition coefficient (Wildman–Crippen LogP) is 11.7. The van der Waals surface area contributed by atoms with Gasteiger partial charge in [0, 0.05) is 5.39 Å². The summed E-state index contributed by atoms with van der Waals surface area (Å²) in [7, 11) is -3.26. The summed E-state index contributed by atoms with van der Waals surface area (Å²) in [6, 6.07) is 81.3. The molecule has 12 rings (SSSR count). The third-order valence-corrected chi connectivity index (χ3v) is 16.5. The molecule has 0 bridgehead atoms. The molecule has 1 aliphatic rings. The Morgan fingerprint density at radius 1 is 0.403 bits per heavy atom. The molecule has 1 aliphatic carbocycles. The maximum absolute atomic E-state index is 12.7. The summed E-state index contributed by atoms with van der Waals surface area (Å²) in [6.07, 6.45) is 0. The maximum atomic E-state index is 12.7. The Balaban J connectivity index is 1.07. The van der Waals surface area contributed by atoms with E-state index in [1.807, 2.05) is 48.5 Å². The van der Waals surface area contributed by atoms with E-state index in [1.165, 1.54) is 33.4 Å². The first-order valence-corrected chi connectivity index (χ1v) is 23.1. The van der Waals surface area contributed by atoms with Crippen LogP contribution in [0.3, 0.4) is 0 Å². The number of hydrogen-bond donors (Lipinski definition) is 1. The van der Waals surface area contributed by atoms with Crippen LogP contribution in [-0.2, 0) is 5.41 Å². The van der Waals surface area contributed by atoms with Gasteiger partial charge in [0.05, 0.1) is 16.6 Å². The number of rotatable bonds is 7. The topological polar surface area (TPSA) is 50.4 Å². The van der Waals surface area contributed by atoms with Crippen LogP contribution in [0.2, 0.25) is 0 Å². The second-order valence-corrected chi connectivity index (χ2v) is 19.4. The van der Waals surface area contributed by atoms with Crippen molar-refractivity contribution in [3.05, 3.63) is 253 Å². The van der Waals surface area contributed by atoms with E-state index in [9.17, 15) is 4.89 Å². The van der Waals surface area contributed by atoms with Crippen LogP contribution < -0.4 is 15.9 Å². The standard InChI is InChI=1S/C57H40N3OP/c61-62(44-21-9-3-10-22-44,45-23-11-4-12-24-45)46-33-29-39(30-34-46)40-31-35-47-48-36-32-41(55-58-52-26-14-13-25-49(52)56-59-53-27-15-16-28-54(53)60(55)56)38-51(48)57(50(47)37-40,42-17-5-1-6-18-42)43-19-7-2-8-20-43/h1-38,61-62H. The van der Waals surface area contributed by atoms with Crippen LogP contribution in [0.5, 0.6) is 0 Å². The molecule has 2 aromatic heterocycles. The van der Waals surface area contributed by atoms with Crippen molar-refractivity contribution in [1.29, 1.82) is 0 Å². The van der Waals surface area contributed by atoms with Crippen molar-refractivity contribution >= 4 is 51.0 Å². The Morgan fingerprint density at radius 2 is 0.871 bits per heavy atom. The molecule has 11 aromatic rings. The zero-order valence-corrected chi connectivity index (χ0v) is 34.7. The molecule has 0 saturated carbocycles. The van der Waals surface area contributed by atoms with Gasteiger partial charge in [-0.3, -0.25) is 4.40 Å². The second-order valence-electron chi connectivity index (χ2n) is 16.2. The number of para-hydroxylation sites is 3. The van der Waals surface area contributed by atoms with Crippen molar-refractivity contribution in [3.63, 3.8) is 0 Å². The molecule has 62 heavy (non-hydrogen) atoms. The summed E-state index contributed by atoms with van der Waals surface area (Å²) in [6.45, 7) is 0. The molecule has 294 valence electrons. The van der Waals surface area contributed by atoms with Gasteiger partial charge in [-0.2, -0.15) is 0 Å². The van der Waals surface area contributed by atoms with Crippen molar-refractivity contribution < 1.29 is 4.89 Å². The fourth-order valence-electron chi connectivity index (χ4n) is 10.1. The first-order chi connectivity index (χ1) is 30.6. The molecule has 4 nitrogen and oxygen atoms in total. The molecule has 0 spiro atoms. The first-order valence-electron chi connectivity index (χ1n) is 21.1. The van der Waals surface area contributed by atoms with E-state index in [0.29, 0.717) is 0 Å². The molecule has 0 unspecified atom stereocenters. The van der Waals surface area contributed by atoms with Crippen LogP contribution in [0.4, 0.5) is 0 Å². The number of hydrogen-bond acceptors (Lipinski definition) is 3. The van der Waals surface area contributed by atoms with E-state index in [1.54, 1.807) is 0 Å². The van der Waals surface area contributed by atoms with E-state index in [-0.39, 0.29) is 0 Å². The van der Waals surface area contributed by atoms with E-state index >= 15 is 0 Å². The predicted molar refractivity (Wildman–Crippen MR) is 258 cm³/mol. The third-order valence-electron chi connectivity index (χ3n) is 13.0. The average molecular weight is 814 g/mol. The molecule has 0 amide bonds. The molecular weight excluding hydrogens is 774 g/mol. The number of benzene rings is 9. The number of nitrogens with zero attached hydrogens (tertiary/aromatic N) is 3. The van der Waals surface area contributed by atoms with Gasteiger partial charge in [-0.05, 0) is 24.3 Å². The number of imidazole rings is 1. The van der Waals surface area contributed by atoms with E-state index in [4.69, 9.17) is 9.97 Å². The number of fused-ring (bicyclic) bond motifs is 8. The summed E-state index contributed by atoms with van der Waals surface area (Å²) in [4.78, 5) is 23.3.